The smallest absolute Gasteiger partial charge is 0.338 e. The third-order valence-corrected chi connectivity index (χ3v) is 8.01. The molecular weight excluding hydrogens is 578 g/mol. The minimum Gasteiger partial charge on any atom is -0.462 e. The molecule has 2 fully saturated rings. The molecule has 10 heteroatoms. The Kier molecular flexibility index (Phi) is 11.7. The fourth-order valence-electron chi connectivity index (χ4n) is 5.79. The lowest BCUT2D eigenvalue weighted by molar-refractivity contribution is -0.0912. The van der Waals surface area contributed by atoms with E-state index in [1.807, 2.05) is 12.1 Å². The molecule has 0 amide bonds. The van der Waals surface area contributed by atoms with E-state index >= 15 is 0 Å². The van der Waals surface area contributed by atoms with Crippen molar-refractivity contribution in [1.29, 1.82) is 0 Å². The lowest BCUT2D eigenvalue weighted by atomic mass is 9.84. The molecule has 0 bridgehead atoms. The first kappa shape index (κ1) is 32.3. The van der Waals surface area contributed by atoms with Crippen LogP contribution in [0.15, 0.2) is 91.0 Å². The topological polar surface area (TPSA) is 133 Å². The number of ether oxygens (including phenoxy) is 6. The van der Waals surface area contributed by atoms with Crippen LogP contribution < -0.4 is 5.73 Å². The summed E-state index contributed by atoms with van der Waals surface area (Å²) < 4.78 is 35.1. The maximum absolute atomic E-state index is 13.3. The maximum Gasteiger partial charge on any atom is 0.338 e. The molecule has 0 spiro atoms. The van der Waals surface area contributed by atoms with Crippen molar-refractivity contribution in [3.63, 3.8) is 0 Å². The third-order valence-electron chi connectivity index (χ3n) is 8.01. The Balaban J connectivity index is 1.32. The number of esters is 3. The van der Waals surface area contributed by atoms with Crippen LogP contribution in [0.5, 0.6) is 0 Å². The zero-order valence-electron chi connectivity index (χ0n) is 25.0. The molecule has 0 radical (unpaired) electrons. The first-order chi connectivity index (χ1) is 22.1. The number of nitrogens with two attached hydrogens (primary N) is 1. The van der Waals surface area contributed by atoms with E-state index in [1.54, 1.807) is 78.9 Å². The van der Waals surface area contributed by atoms with E-state index in [1.165, 1.54) is 0 Å². The van der Waals surface area contributed by atoms with Crippen LogP contribution in [0.25, 0.3) is 0 Å². The van der Waals surface area contributed by atoms with Crippen LogP contribution in [0, 0.1) is 17.8 Å². The van der Waals surface area contributed by atoms with Gasteiger partial charge in [-0.3, -0.25) is 0 Å². The van der Waals surface area contributed by atoms with E-state index in [0.29, 0.717) is 62.7 Å². The zero-order chi connectivity index (χ0) is 31.4. The summed E-state index contributed by atoms with van der Waals surface area (Å²) in [5, 5.41) is 0. The summed E-state index contributed by atoms with van der Waals surface area (Å²) in [4.78, 5) is 39.5. The van der Waals surface area contributed by atoms with Crippen molar-refractivity contribution in [2.24, 2.45) is 23.5 Å². The summed E-state index contributed by atoms with van der Waals surface area (Å²) in [5.74, 6) is -2.21. The zero-order valence-corrected chi connectivity index (χ0v) is 25.0. The van der Waals surface area contributed by atoms with Crippen LogP contribution >= 0.6 is 0 Å². The Morgan fingerprint density at radius 3 is 1.64 bits per heavy atom. The quantitative estimate of drug-likeness (QED) is 0.143. The van der Waals surface area contributed by atoms with Crippen molar-refractivity contribution in [3.05, 3.63) is 108 Å². The van der Waals surface area contributed by atoms with Crippen molar-refractivity contribution in [3.8, 4) is 0 Å². The van der Waals surface area contributed by atoms with Gasteiger partial charge in [-0.15, -0.1) is 0 Å². The van der Waals surface area contributed by atoms with E-state index in [4.69, 9.17) is 34.2 Å². The van der Waals surface area contributed by atoms with Gasteiger partial charge in [0.2, 0.25) is 0 Å². The molecule has 2 aliphatic rings. The van der Waals surface area contributed by atoms with Crippen LogP contribution in [-0.4, -0.2) is 82.4 Å². The fourth-order valence-corrected chi connectivity index (χ4v) is 5.79. The number of hydrogen-bond acceptors (Lipinski definition) is 10. The van der Waals surface area contributed by atoms with Gasteiger partial charge in [0.25, 0.3) is 0 Å². The lowest BCUT2D eigenvalue weighted by Crippen LogP contribution is -2.47. The summed E-state index contributed by atoms with van der Waals surface area (Å²) in [5.41, 5.74) is 6.59. The van der Waals surface area contributed by atoms with Gasteiger partial charge in [-0.05, 0) is 48.7 Å². The Bertz CT molecular complexity index is 1370. The van der Waals surface area contributed by atoms with E-state index in [0.717, 1.165) is 0 Å². The molecule has 10 nitrogen and oxygen atoms in total. The second kappa shape index (κ2) is 16.3. The molecule has 0 aliphatic heterocycles. The largest absolute Gasteiger partial charge is 0.462 e. The van der Waals surface area contributed by atoms with Crippen molar-refractivity contribution < 1.29 is 42.8 Å². The second-order valence-electron chi connectivity index (χ2n) is 11.0. The summed E-state index contributed by atoms with van der Waals surface area (Å²) >= 11 is 0. The van der Waals surface area contributed by atoms with Gasteiger partial charge >= 0.3 is 17.9 Å². The highest BCUT2D eigenvalue weighted by molar-refractivity contribution is 5.91. The van der Waals surface area contributed by atoms with Gasteiger partial charge in [-0.25, -0.2) is 14.4 Å². The predicted octanol–water partition coefficient (Wildman–Crippen LogP) is 3.94. The monoisotopic (exact) mass is 617 g/mol. The summed E-state index contributed by atoms with van der Waals surface area (Å²) in [6.07, 6.45) is -1.39. The van der Waals surface area contributed by atoms with Crippen LogP contribution in [0.2, 0.25) is 0 Å². The SMILES string of the molecule is NCCOCCOCCOC1C2CC(COC(=O)c3ccccc3)C(OC(=O)c3ccccc3)C(OC(=O)c3ccccc3)C21. The molecule has 6 unspecified atom stereocenters. The minimum atomic E-state index is -0.875. The van der Waals surface area contributed by atoms with Crippen LogP contribution in [0.1, 0.15) is 37.5 Å². The van der Waals surface area contributed by atoms with Crippen molar-refractivity contribution in [2.75, 3.05) is 46.2 Å². The normalized spacial score (nSPS) is 23.4. The summed E-state index contributed by atoms with van der Waals surface area (Å²) in [6, 6.07) is 26.0. The molecule has 0 aromatic heterocycles. The molecule has 45 heavy (non-hydrogen) atoms. The number of benzene rings is 3. The van der Waals surface area contributed by atoms with Gasteiger partial charge in [-0.2, -0.15) is 0 Å². The van der Waals surface area contributed by atoms with Gasteiger partial charge in [0.1, 0.15) is 12.2 Å². The highest BCUT2D eigenvalue weighted by atomic mass is 16.6. The van der Waals surface area contributed by atoms with E-state index in [-0.39, 0.29) is 24.5 Å². The molecule has 0 saturated heterocycles. The van der Waals surface area contributed by atoms with Gasteiger partial charge in [0.15, 0.2) is 0 Å². The molecule has 2 N–H and O–H groups in total. The maximum atomic E-state index is 13.3. The van der Waals surface area contributed by atoms with Crippen LogP contribution in [-0.2, 0) is 28.4 Å². The molecule has 2 aliphatic carbocycles. The lowest BCUT2D eigenvalue weighted by Gasteiger charge is -2.36. The highest BCUT2D eigenvalue weighted by Gasteiger charge is 2.65. The van der Waals surface area contributed by atoms with Crippen LogP contribution in [0.4, 0.5) is 0 Å². The Morgan fingerprint density at radius 1 is 0.600 bits per heavy atom. The number of hydrogen-bond donors (Lipinski definition) is 1. The van der Waals surface area contributed by atoms with Crippen molar-refractivity contribution in [1.82, 2.24) is 0 Å². The Labute approximate surface area is 262 Å². The van der Waals surface area contributed by atoms with Gasteiger partial charge < -0.3 is 34.2 Å². The average Bonchev–Trinajstić information content (AvgIpc) is 3.78. The van der Waals surface area contributed by atoms with E-state index < -0.39 is 36.0 Å². The standard InChI is InChI=1S/C35H39NO9/c36-16-17-40-18-19-41-20-21-42-31-28-22-27(23-43-33(37)24-10-4-1-5-11-24)30(44-34(38)25-12-6-2-7-13-25)32(29(28)31)45-35(39)26-14-8-3-9-15-26/h1-15,27-32H,16-23,36H2. The molecule has 3 aromatic carbocycles. The molecule has 238 valence electrons. The Morgan fingerprint density at radius 2 is 1.09 bits per heavy atom. The van der Waals surface area contributed by atoms with Gasteiger partial charge in [-0.1, -0.05) is 54.6 Å². The molecule has 0 heterocycles. The highest BCUT2D eigenvalue weighted by Crippen LogP contribution is 2.55. The molecule has 6 atom stereocenters. The number of carbonyl (C=O) groups excluding carboxylic acids is 3. The van der Waals surface area contributed by atoms with E-state index in [2.05, 4.69) is 0 Å². The average molecular weight is 618 g/mol. The molecule has 3 aromatic rings. The summed E-state index contributed by atoms with van der Waals surface area (Å²) in [7, 11) is 0. The van der Waals surface area contributed by atoms with Gasteiger partial charge in [0, 0.05) is 18.4 Å². The van der Waals surface area contributed by atoms with Crippen molar-refractivity contribution >= 4 is 17.9 Å². The first-order valence-corrected chi connectivity index (χ1v) is 15.3. The number of carbonyl (C=O) groups is 3. The van der Waals surface area contributed by atoms with Crippen LogP contribution in [0.3, 0.4) is 0 Å². The van der Waals surface area contributed by atoms with E-state index in [9.17, 15) is 14.4 Å². The van der Waals surface area contributed by atoms with Gasteiger partial charge in [0.05, 0.1) is 62.4 Å². The van der Waals surface area contributed by atoms with Crippen molar-refractivity contribution in [2.45, 2.75) is 24.7 Å². The number of rotatable bonds is 16. The molecular formula is C35H39NO9. The molecule has 5 rings (SSSR count). The summed E-state index contributed by atoms with van der Waals surface area (Å²) in [6.45, 7) is 2.47. The first-order valence-electron chi connectivity index (χ1n) is 15.3. The predicted molar refractivity (Wildman–Crippen MR) is 164 cm³/mol. The second-order valence-corrected chi connectivity index (χ2v) is 11.0. The fraction of sp³-hybridized carbons (Fsp3) is 0.400. The molecule has 2 saturated carbocycles. The Hall–Kier alpha value is -4.09. The number of fused-ring (bicyclic) bond motifs is 1. The minimum absolute atomic E-state index is 0.0126. The third kappa shape index (κ3) is 8.76.